The summed E-state index contributed by atoms with van der Waals surface area (Å²) in [6.45, 7) is 4.45. The van der Waals surface area contributed by atoms with Gasteiger partial charge in [-0.15, -0.1) is 0 Å². The molecule has 0 amide bonds. The first kappa shape index (κ1) is 56.2. The summed E-state index contributed by atoms with van der Waals surface area (Å²) in [5, 5.41) is 40.2. The maximum Gasteiger partial charge on any atom is 0.306 e. The molecule has 1 saturated heterocycles. The van der Waals surface area contributed by atoms with Crippen LogP contribution in [0.15, 0.2) is 48.6 Å². The second kappa shape index (κ2) is 42.5. The molecule has 1 heterocycles. The zero-order valence-corrected chi connectivity index (χ0v) is 38.5. The maximum absolute atomic E-state index is 12.8. The molecule has 1 aliphatic heterocycles. The number of aliphatic hydroxyl groups is 4. The lowest BCUT2D eigenvalue weighted by Gasteiger charge is -2.39. The number of esters is 1. The average Bonchev–Trinajstić information content (AvgIpc) is 3.25. The van der Waals surface area contributed by atoms with Gasteiger partial charge in [-0.1, -0.05) is 197 Å². The Labute approximate surface area is 367 Å². The van der Waals surface area contributed by atoms with E-state index in [-0.39, 0.29) is 19.2 Å². The van der Waals surface area contributed by atoms with Crippen molar-refractivity contribution >= 4 is 5.97 Å². The fourth-order valence-electron chi connectivity index (χ4n) is 7.43. The van der Waals surface area contributed by atoms with Crippen molar-refractivity contribution in [2.24, 2.45) is 0 Å². The minimum absolute atomic E-state index is 0.114. The van der Waals surface area contributed by atoms with Crippen LogP contribution in [0.5, 0.6) is 0 Å². The third-order valence-corrected chi connectivity index (χ3v) is 11.3. The van der Waals surface area contributed by atoms with E-state index in [2.05, 4.69) is 62.5 Å². The van der Waals surface area contributed by atoms with Gasteiger partial charge in [0.05, 0.1) is 19.8 Å². The van der Waals surface area contributed by atoms with E-state index in [0.717, 1.165) is 64.2 Å². The summed E-state index contributed by atoms with van der Waals surface area (Å²) in [6, 6.07) is 0. The molecule has 0 aliphatic carbocycles. The van der Waals surface area contributed by atoms with Crippen molar-refractivity contribution in [2.45, 2.75) is 243 Å². The monoisotopic (exact) mass is 849 g/mol. The van der Waals surface area contributed by atoms with Gasteiger partial charge in [0.15, 0.2) is 6.29 Å². The molecular formula is C51H92O9. The number of allylic oxidation sites excluding steroid dienone is 8. The van der Waals surface area contributed by atoms with Crippen LogP contribution < -0.4 is 0 Å². The minimum Gasteiger partial charge on any atom is -0.457 e. The number of carbonyl (C=O) groups excluding carboxylic acids is 1. The Kier molecular flexibility index (Phi) is 39.7. The van der Waals surface area contributed by atoms with E-state index in [4.69, 9.17) is 18.9 Å². The molecule has 9 heteroatoms. The molecule has 60 heavy (non-hydrogen) atoms. The van der Waals surface area contributed by atoms with Gasteiger partial charge in [0.25, 0.3) is 0 Å². The summed E-state index contributed by atoms with van der Waals surface area (Å²) >= 11 is 0. The van der Waals surface area contributed by atoms with Crippen molar-refractivity contribution in [3.8, 4) is 0 Å². The lowest BCUT2D eigenvalue weighted by atomic mass is 9.99. The normalized spacial score (nSPS) is 20.4. The quantitative estimate of drug-likeness (QED) is 0.0269. The number of hydrogen-bond acceptors (Lipinski definition) is 9. The van der Waals surface area contributed by atoms with Gasteiger partial charge in [-0.25, -0.2) is 0 Å². The summed E-state index contributed by atoms with van der Waals surface area (Å²) in [5.41, 5.74) is 0. The maximum atomic E-state index is 12.8. The summed E-state index contributed by atoms with van der Waals surface area (Å²) in [4.78, 5) is 12.8. The highest BCUT2D eigenvalue weighted by Gasteiger charge is 2.44. The molecule has 4 N–H and O–H groups in total. The van der Waals surface area contributed by atoms with E-state index in [1.165, 1.54) is 122 Å². The predicted molar refractivity (Wildman–Crippen MR) is 247 cm³/mol. The highest BCUT2D eigenvalue weighted by atomic mass is 16.7. The third kappa shape index (κ3) is 32.8. The second-order valence-corrected chi connectivity index (χ2v) is 16.9. The van der Waals surface area contributed by atoms with Crippen molar-refractivity contribution in [3.63, 3.8) is 0 Å². The molecule has 0 bridgehead atoms. The van der Waals surface area contributed by atoms with Gasteiger partial charge in [-0.3, -0.25) is 4.79 Å². The van der Waals surface area contributed by atoms with Gasteiger partial charge in [0.1, 0.15) is 30.5 Å². The molecule has 0 saturated carbocycles. The second-order valence-electron chi connectivity index (χ2n) is 16.9. The van der Waals surface area contributed by atoms with Gasteiger partial charge < -0.3 is 39.4 Å². The van der Waals surface area contributed by atoms with Gasteiger partial charge in [0.2, 0.25) is 0 Å². The largest absolute Gasteiger partial charge is 0.457 e. The Balaban J connectivity index is 2.21. The van der Waals surface area contributed by atoms with E-state index in [1.807, 2.05) is 0 Å². The Morgan fingerprint density at radius 3 is 1.53 bits per heavy atom. The molecule has 9 nitrogen and oxygen atoms in total. The molecule has 0 radical (unpaired) electrons. The fourth-order valence-corrected chi connectivity index (χ4v) is 7.43. The molecular weight excluding hydrogens is 757 g/mol. The number of rotatable bonds is 42. The summed E-state index contributed by atoms with van der Waals surface area (Å²) in [6.07, 6.45) is 45.7. The number of aliphatic hydroxyl groups excluding tert-OH is 4. The van der Waals surface area contributed by atoms with Crippen LogP contribution in [0.2, 0.25) is 0 Å². The summed E-state index contributed by atoms with van der Waals surface area (Å²) in [7, 11) is 0. The Hall–Kier alpha value is -1.85. The van der Waals surface area contributed by atoms with Crippen LogP contribution in [0.1, 0.15) is 206 Å². The molecule has 0 spiro atoms. The van der Waals surface area contributed by atoms with E-state index in [0.29, 0.717) is 13.0 Å². The molecule has 1 aliphatic rings. The number of hydrogen-bond donors (Lipinski definition) is 4. The number of ether oxygens (including phenoxy) is 4. The predicted octanol–water partition coefficient (Wildman–Crippen LogP) is 11.7. The van der Waals surface area contributed by atoms with E-state index < -0.39 is 43.4 Å². The first-order valence-electron chi connectivity index (χ1n) is 24.7. The van der Waals surface area contributed by atoms with Crippen LogP contribution in [0.4, 0.5) is 0 Å². The molecule has 1 fully saturated rings. The van der Waals surface area contributed by atoms with Gasteiger partial charge >= 0.3 is 5.97 Å². The van der Waals surface area contributed by atoms with Crippen LogP contribution in [0, 0.1) is 0 Å². The van der Waals surface area contributed by atoms with E-state index in [1.54, 1.807) is 0 Å². The first-order valence-corrected chi connectivity index (χ1v) is 24.7. The van der Waals surface area contributed by atoms with Crippen LogP contribution in [-0.4, -0.2) is 89.6 Å². The zero-order chi connectivity index (χ0) is 43.6. The van der Waals surface area contributed by atoms with E-state index >= 15 is 0 Å². The lowest BCUT2D eigenvalue weighted by Crippen LogP contribution is -2.59. The van der Waals surface area contributed by atoms with Crippen LogP contribution >= 0.6 is 0 Å². The number of carbonyl (C=O) groups is 1. The molecule has 0 aromatic carbocycles. The zero-order valence-electron chi connectivity index (χ0n) is 38.5. The van der Waals surface area contributed by atoms with Gasteiger partial charge in [0, 0.05) is 13.0 Å². The lowest BCUT2D eigenvalue weighted by molar-refractivity contribution is -0.305. The molecule has 6 unspecified atom stereocenters. The van der Waals surface area contributed by atoms with Crippen molar-refractivity contribution in [1.82, 2.24) is 0 Å². The van der Waals surface area contributed by atoms with Crippen LogP contribution in [0.3, 0.4) is 0 Å². The third-order valence-electron chi connectivity index (χ3n) is 11.3. The molecule has 6 atom stereocenters. The minimum atomic E-state index is -1.54. The standard InChI is InChI=1S/C51H92O9/c1-3-5-7-9-11-13-15-17-19-20-21-22-23-24-25-27-29-31-33-35-37-39-41-57-43-45(44-58-51-50(56)49(55)48(54)46(42-52)60-51)59-47(53)40-38-36-34-32-30-28-26-18-16-14-12-10-8-6-4-2/h5,7,11,13,17,19,21-22,45-46,48-52,54-56H,3-4,6,8-10,12,14-16,18,20,23-44H2,1-2H3/b7-5-,13-11-,19-17-,22-21-. The SMILES string of the molecule is CC/C=C\C/C=C\C/C=C\C/C=C\CCCCCCCCCCCOCC(COC1OC(CO)C(O)C(O)C1O)OC(=O)CCCCCCCCCCCCCCCCC. The van der Waals surface area contributed by atoms with Crippen LogP contribution in [0.25, 0.3) is 0 Å². The van der Waals surface area contributed by atoms with Gasteiger partial charge in [-0.05, 0) is 51.4 Å². The molecule has 350 valence electrons. The molecule has 0 aromatic rings. The van der Waals surface area contributed by atoms with E-state index in [9.17, 15) is 25.2 Å². The Bertz CT molecular complexity index is 1060. The summed E-state index contributed by atoms with van der Waals surface area (Å²) < 4.78 is 22.9. The first-order chi connectivity index (χ1) is 29.4. The smallest absolute Gasteiger partial charge is 0.306 e. The highest BCUT2D eigenvalue weighted by Crippen LogP contribution is 2.23. The topological polar surface area (TPSA) is 135 Å². The molecule has 1 rings (SSSR count). The van der Waals surface area contributed by atoms with Crippen molar-refractivity contribution in [3.05, 3.63) is 48.6 Å². The van der Waals surface area contributed by atoms with Crippen molar-refractivity contribution in [1.29, 1.82) is 0 Å². The van der Waals surface area contributed by atoms with Gasteiger partial charge in [-0.2, -0.15) is 0 Å². The highest BCUT2D eigenvalue weighted by molar-refractivity contribution is 5.69. The van der Waals surface area contributed by atoms with Crippen LogP contribution in [-0.2, 0) is 23.7 Å². The Morgan fingerprint density at radius 2 is 1.02 bits per heavy atom. The Morgan fingerprint density at radius 1 is 0.550 bits per heavy atom. The number of unbranched alkanes of at least 4 members (excludes halogenated alkanes) is 23. The average molecular weight is 849 g/mol. The van der Waals surface area contributed by atoms with Crippen molar-refractivity contribution < 1.29 is 44.2 Å². The molecule has 0 aromatic heterocycles. The van der Waals surface area contributed by atoms with Crippen molar-refractivity contribution in [2.75, 3.05) is 26.4 Å². The summed E-state index contributed by atoms with van der Waals surface area (Å²) in [5.74, 6) is -0.314. The fraction of sp³-hybridized carbons (Fsp3) is 0.824.